The first-order valence-electron chi connectivity index (χ1n) is 5.76. The lowest BCUT2D eigenvalue weighted by molar-refractivity contribution is -0.122. The van der Waals surface area contributed by atoms with Gasteiger partial charge in [0.05, 0.1) is 12.8 Å². The lowest BCUT2D eigenvalue weighted by atomic mass is 10.1. The molecule has 6 heteroatoms. The van der Waals surface area contributed by atoms with Gasteiger partial charge in [-0.1, -0.05) is 0 Å². The third-order valence-corrected chi connectivity index (χ3v) is 2.59. The van der Waals surface area contributed by atoms with Gasteiger partial charge < -0.3 is 10.1 Å². The number of benzene rings is 1. The molecule has 0 aliphatic heterocycles. The lowest BCUT2D eigenvalue weighted by Crippen LogP contribution is -2.28. The van der Waals surface area contributed by atoms with Crippen LogP contribution in [0.1, 0.15) is 18.1 Å². The Hall–Kier alpha value is -2.08. The zero-order valence-corrected chi connectivity index (χ0v) is 11.7. The molecule has 1 aromatic carbocycles. The molecule has 1 aromatic rings. The average molecular weight is 266 g/mol. The van der Waals surface area contributed by atoms with Crippen LogP contribution in [0.25, 0.3) is 0 Å². The van der Waals surface area contributed by atoms with Gasteiger partial charge in [0.2, 0.25) is 5.91 Å². The predicted molar refractivity (Wildman–Crippen MR) is 71.2 cm³/mol. The molecule has 2 amide bonds. The minimum absolute atomic E-state index is 0.232. The van der Waals surface area contributed by atoms with E-state index < -0.39 is 6.09 Å². The molecule has 0 spiro atoms. The maximum atomic E-state index is 11.5. The SMILES string of the molecule is CNC(=O)Oc1cc(C)c(N(OC)C(C)=O)cc1C. The van der Waals surface area contributed by atoms with Gasteiger partial charge in [0.15, 0.2) is 0 Å². The summed E-state index contributed by atoms with van der Waals surface area (Å²) in [5, 5.41) is 3.56. The van der Waals surface area contributed by atoms with Crippen LogP contribution in [0.2, 0.25) is 0 Å². The summed E-state index contributed by atoms with van der Waals surface area (Å²) in [6.45, 7) is 5.00. The summed E-state index contributed by atoms with van der Waals surface area (Å²) in [5.74, 6) is 0.213. The largest absolute Gasteiger partial charge is 0.412 e. The molecule has 104 valence electrons. The van der Waals surface area contributed by atoms with E-state index in [2.05, 4.69) is 5.32 Å². The second kappa shape index (κ2) is 6.19. The smallest absolute Gasteiger partial charge is 0.410 e. The Morgan fingerprint density at radius 3 is 2.32 bits per heavy atom. The molecule has 0 radical (unpaired) electrons. The number of carbonyl (C=O) groups excluding carboxylic acids is 2. The Labute approximate surface area is 112 Å². The average Bonchev–Trinajstić information content (AvgIpc) is 2.35. The normalized spacial score (nSPS) is 9.95. The Morgan fingerprint density at radius 2 is 1.84 bits per heavy atom. The summed E-state index contributed by atoms with van der Waals surface area (Å²) < 4.78 is 5.11. The molecule has 0 unspecified atom stereocenters. The zero-order valence-electron chi connectivity index (χ0n) is 11.7. The van der Waals surface area contributed by atoms with Gasteiger partial charge in [0.1, 0.15) is 5.75 Å². The number of hydrogen-bond acceptors (Lipinski definition) is 4. The Morgan fingerprint density at radius 1 is 1.21 bits per heavy atom. The molecule has 6 nitrogen and oxygen atoms in total. The fourth-order valence-corrected chi connectivity index (χ4v) is 1.65. The number of anilines is 1. The fraction of sp³-hybridized carbons (Fsp3) is 0.385. The standard InChI is InChI=1S/C13H18N2O4/c1-8-7-12(19-13(17)14-4)9(2)6-11(8)15(18-5)10(3)16/h6-7H,1-5H3,(H,14,17). The number of nitrogens with one attached hydrogen (secondary N) is 1. The molecule has 0 fully saturated rings. The van der Waals surface area contributed by atoms with Crippen molar-refractivity contribution in [3.63, 3.8) is 0 Å². The summed E-state index contributed by atoms with van der Waals surface area (Å²) >= 11 is 0. The van der Waals surface area contributed by atoms with Crippen LogP contribution in [0, 0.1) is 13.8 Å². The Kier molecular flexibility index (Phi) is 4.88. The van der Waals surface area contributed by atoms with Crippen LogP contribution in [0.5, 0.6) is 5.75 Å². The molecule has 0 aromatic heterocycles. The summed E-state index contributed by atoms with van der Waals surface area (Å²) in [6.07, 6.45) is -0.537. The first-order chi connectivity index (χ1) is 8.90. The fourth-order valence-electron chi connectivity index (χ4n) is 1.65. The highest BCUT2D eigenvalue weighted by Crippen LogP contribution is 2.29. The second-order valence-electron chi connectivity index (χ2n) is 4.04. The first-order valence-corrected chi connectivity index (χ1v) is 5.76. The molecule has 1 rings (SSSR count). The van der Waals surface area contributed by atoms with Crippen molar-refractivity contribution in [2.45, 2.75) is 20.8 Å². The highest BCUT2D eigenvalue weighted by Gasteiger charge is 2.16. The number of rotatable bonds is 3. The van der Waals surface area contributed by atoms with E-state index in [-0.39, 0.29) is 5.91 Å². The molecular weight excluding hydrogens is 248 g/mol. The lowest BCUT2D eigenvalue weighted by Gasteiger charge is -2.21. The van der Waals surface area contributed by atoms with E-state index in [9.17, 15) is 9.59 Å². The third-order valence-electron chi connectivity index (χ3n) is 2.59. The van der Waals surface area contributed by atoms with Crippen molar-refractivity contribution < 1.29 is 19.2 Å². The van der Waals surface area contributed by atoms with Gasteiger partial charge in [0.25, 0.3) is 0 Å². The van der Waals surface area contributed by atoms with Gasteiger partial charge in [-0.15, -0.1) is 0 Å². The quantitative estimate of drug-likeness (QED) is 0.849. The van der Waals surface area contributed by atoms with E-state index in [0.717, 1.165) is 11.1 Å². The van der Waals surface area contributed by atoms with Crippen molar-refractivity contribution in [3.8, 4) is 5.75 Å². The van der Waals surface area contributed by atoms with Gasteiger partial charge >= 0.3 is 6.09 Å². The maximum Gasteiger partial charge on any atom is 0.412 e. The van der Waals surface area contributed by atoms with Gasteiger partial charge in [-0.25, -0.2) is 4.79 Å². The van der Waals surface area contributed by atoms with Crippen LogP contribution < -0.4 is 15.1 Å². The topological polar surface area (TPSA) is 67.9 Å². The molecule has 0 heterocycles. The van der Waals surface area contributed by atoms with E-state index in [1.54, 1.807) is 26.0 Å². The van der Waals surface area contributed by atoms with Crippen LogP contribution >= 0.6 is 0 Å². The Balaban J connectivity index is 3.16. The monoisotopic (exact) mass is 266 g/mol. The molecule has 0 aliphatic carbocycles. The predicted octanol–water partition coefficient (Wildman–Crippen LogP) is 1.94. The summed E-state index contributed by atoms with van der Waals surface area (Å²) in [5.41, 5.74) is 2.12. The number of ether oxygens (including phenoxy) is 1. The van der Waals surface area contributed by atoms with Crippen LogP contribution in [0.3, 0.4) is 0 Å². The number of nitrogens with zero attached hydrogens (tertiary/aromatic N) is 1. The van der Waals surface area contributed by atoms with Gasteiger partial charge in [-0.05, 0) is 37.1 Å². The van der Waals surface area contributed by atoms with E-state index in [4.69, 9.17) is 9.57 Å². The molecule has 1 N–H and O–H groups in total. The van der Waals surface area contributed by atoms with E-state index in [1.165, 1.54) is 26.1 Å². The van der Waals surface area contributed by atoms with E-state index in [1.807, 2.05) is 0 Å². The van der Waals surface area contributed by atoms with Crippen LogP contribution in [-0.2, 0) is 9.63 Å². The Bertz CT molecular complexity index is 500. The summed E-state index contributed by atoms with van der Waals surface area (Å²) in [4.78, 5) is 27.7. The highest BCUT2D eigenvalue weighted by atomic mass is 16.7. The molecule has 0 atom stereocenters. The number of hydroxylamine groups is 1. The van der Waals surface area contributed by atoms with Gasteiger partial charge in [0, 0.05) is 14.0 Å². The molecule has 0 aliphatic rings. The van der Waals surface area contributed by atoms with Gasteiger partial charge in [-0.2, -0.15) is 5.06 Å². The van der Waals surface area contributed by atoms with Crippen LogP contribution in [0.15, 0.2) is 12.1 Å². The maximum absolute atomic E-state index is 11.5. The van der Waals surface area contributed by atoms with Gasteiger partial charge in [-0.3, -0.25) is 9.63 Å². The van der Waals surface area contributed by atoms with E-state index in [0.29, 0.717) is 11.4 Å². The molecule has 0 bridgehead atoms. The minimum atomic E-state index is -0.537. The third kappa shape index (κ3) is 3.45. The second-order valence-corrected chi connectivity index (χ2v) is 4.04. The molecular formula is C13H18N2O4. The van der Waals surface area contributed by atoms with Crippen molar-refractivity contribution in [1.82, 2.24) is 5.32 Å². The summed E-state index contributed by atoms with van der Waals surface area (Å²) in [7, 11) is 2.91. The summed E-state index contributed by atoms with van der Waals surface area (Å²) in [6, 6.07) is 3.42. The van der Waals surface area contributed by atoms with Crippen LogP contribution in [0.4, 0.5) is 10.5 Å². The van der Waals surface area contributed by atoms with Crippen molar-refractivity contribution in [1.29, 1.82) is 0 Å². The minimum Gasteiger partial charge on any atom is -0.410 e. The van der Waals surface area contributed by atoms with E-state index >= 15 is 0 Å². The van der Waals surface area contributed by atoms with Crippen molar-refractivity contribution in [2.24, 2.45) is 0 Å². The van der Waals surface area contributed by atoms with Crippen molar-refractivity contribution >= 4 is 17.7 Å². The van der Waals surface area contributed by atoms with Crippen molar-refractivity contribution in [2.75, 3.05) is 19.2 Å². The number of hydrogen-bond donors (Lipinski definition) is 1. The first kappa shape index (κ1) is 15.0. The molecule has 0 saturated carbocycles. The highest BCUT2D eigenvalue weighted by molar-refractivity contribution is 5.90. The number of amides is 2. The zero-order chi connectivity index (χ0) is 14.6. The number of aryl methyl sites for hydroxylation is 2. The molecule has 19 heavy (non-hydrogen) atoms. The van der Waals surface area contributed by atoms with Crippen LogP contribution in [-0.4, -0.2) is 26.2 Å². The molecule has 0 saturated heterocycles. The van der Waals surface area contributed by atoms with Crippen molar-refractivity contribution in [3.05, 3.63) is 23.3 Å². The number of carbonyl (C=O) groups is 2.